The first kappa shape index (κ1) is 18.0. The summed E-state index contributed by atoms with van der Waals surface area (Å²) >= 11 is 0. The summed E-state index contributed by atoms with van der Waals surface area (Å²) in [5.41, 5.74) is 7.76. The van der Waals surface area contributed by atoms with Crippen LogP contribution >= 0.6 is 0 Å². The predicted octanol–water partition coefficient (Wildman–Crippen LogP) is 1.01. The molecule has 0 radical (unpaired) electrons. The lowest BCUT2D eigenvalue weighted by molar-refractivity contribution is 0.00845. The second-order valence-corrected chi connectivity index (χ2v) is 7.05. The monoisotopic (exact) mass is 378 g/mol. The molecule has 0 saturated heterocycles. The molecule has 0 aromatic heterocycles. The van der Waals surface area contributed by atoms with Crippen LogP contribution in [0.3, 0.4) is 0 Å². The third kappa shape index (κ3) is 2.54. The van der Waals surface area contributed by atoms with Crippen molar-refractivity contribution in [3.8, 4) is 0 Å². The molecule has 0 spiro atoms. The summed E-state index contributed by atoms with van der Waals surface area (Å²) in [6.45, 7) is 0.792. The first-order chi connectivity index (χ1) is 13.3. The van der Waals surface area contributed by atoms with Gasteiger partial charge >= 0.3 is 0 Å². The van der Waals surface area contributed by atoms with E-state index in [1.807, 2.05) is 19.0 Å². The summed E-state index contributed by atoms with van der Waals surface area (Å²) in [6, 6.07) is 9.58. The Morgan fingerprint density at radius 1 is 0.714 bits per heavy atom. The third-order valence-electron chi connectivity index (χ3n) is 4.79. The molecule has 2 aliphatic rings. The lowest BCUT2D eigenvalue weighted by Crippen LogP contribution is -2.49. The van der Waals surface area contributed by atoms with Gasteiger partial charge in [-0.2, -0.15) is 10.0 Å². The van der Waals surface area contributed by atoms with E-state index in [0.717, 1.165) is 5.56 Å². The van der Waals surface area contributed by atoms with Gasteiger partial charge in [-0.05, 0) is 49.5 Å². The molecule has 2 aliphatic heterocycles. The molecule has 0 bridgehead atoms. The zero-order valence-corrected chi connectivity index (χ0v) is 15.4. The first-order valence-corrected chi connectivity index (χ1v) is 8.71. The maximum absolute atomic E-state index is 12.9. The maximum atomic E-state index is 12.9. The van der Waals surface area contributed by atoms with Gasteiger partial charge in [0.05, 0.1) is 22.3 Å². The van der Waals surface area contributed by atoms with Crippen LogP contribution in [0.1, 0.15) is 52.6 Å². The molecule has 0 unspecified atom stereocenters. The van der Waals surface area contributed by atoms with Crippen LogP contribution in [0.4, 0.5) is 0 Å². The molecule has 0 atom stereocenters. The van der Waals surface area contributed by atoms with Crippen molar-refractivity contribution in [2.75, 3.05) is 14.1 Å². The Bertz CT molecular complexity index is 1060. The van der Waals surface area contributed by atoms with Gasteiger partial charge in [0.1, 0.15) is 0 Å². The minimum absolute atomic E-state index is 0.137. The van der Waals surface area contributed by atoms with Gasteiger partial charge in [-0.25, -0.2) is 0 Å². The van der Waals surface area contributed by atoms with Gasteiger partial charge in [0, 0.05) is 13.1 Å². The lowest BCUT2D eigenvalue weighted by atomic mass is 10.1. The molecule has 2 aromatic rings. The number of nitrogens with zero attached hydrogens (tertiary/aromatic N) is 3. The molecule has 28 heavy (non-hydrogen) atoms. The number of hydrazine groups is 1. The standard InChI is InChI=1S/C20H18N4O4/c1-22(2)10-12-4-6-14-16(8-12)20(28)24(18(14)26)23-17(25)13-5-3-11(9-21)7-15(13)19(23)27/h3-8H,9-10,21H2,1-2H3. The predicted molar refractivity (Wildman–Crippen MR) is 99.2 cm³/mol. The van der Waals surface area contributed by atoms with Crippen LogP contribution in [0, 0.1) is 0 Å². The van der Waals surface area contributed by atoms with Crippen LogP contribution < -0.4 is 5.73 Å². The van der Waals surface area contributed by atoms with Crippen LogP contribution in [0.2, 0.25) is 0 Å². The first-order valence-electron chi connectivity index (χ1n) is 8.71. The number of benzene rings is 2. The molecule has 4 rings (SSSR count). The highest BCUT2D eigenvalue weighted by Crippen LogP contribution is 2.31. The van der Waals surface area contributed by atoms with E-state index in [2.05, 4.69) is 0 Å². The highest BCUT2D eigenvalue weighted by molar-refractivity contribution is 6.28. The zero-order valence-electron chi connectivity index (χ0n) is 15.4. The van der Waals surface area contributed by atoms with E-state index < -0.39 is 23.6 Å². The van der Waals surface area contributed by atoms with Gasteiger partial charge in [0.25, 0.3) is 23.6 Å². The van der Waals surface area contributed by atoms with Gasteiger partial charge < -0.3 is 10.6 Å². The van der Waals surface area contributed by atoms with Crippen molar-refractivity contribution in [2.24, 2.45) is 5.73 Å². The summed E-state index contributed by atoms with van der Waals surface area (Å²) in [6.07, 6.45) is 0. The number of carbonyl (C=O) groups is 4. The normalized spacial score (nSPS) is 15.7. The third-order valence-corrected chi connectivity index (χ3v) is 4.79. The summed E-state index contributed by atoms with van der Waals surface area (Å²) in [5.74, 6) is -2.79. The molecule has 0 saturated carbocycles. The number of rotatable bonds is 4. The average Bonchev–Trinajstić information content (AvgIpc) is 3.05. The van der Waals surface area contributed by atoms with E-state index in [0.29, 0.717) is 22.1 Å². The molecule has 2 N–H and O–H groups in total. The Hall–Kier alpha value is -3.36. The Balaban J connectivity index is 1.72. The Morgan fingerprint density at radius 2 is 1.14 bits per heavy atom. The molecule has 4 amide bonds. The number of amides is 4. The van der Waals surface area contributed by atoms with Crippen molar-refractivity contribution in [1.82, 2.24) is 14.9 Å². The number of nitrogens with two attached hydrogens (primary N) is 1. The number of fused-ring (bicyclic) bond motifs is 2. The van der Waals surface area contributed by atoms with Gasteiger partial charge in [-0.15, -0.1) is 0 Å². The SMILES string of the molecule is CN(C)Cc1ccc2c(c1)C(=O)N(N1C(=O)c3ccc(CN)cc3C1=O)C2=O. The van der Waals surface area contributed by atoms with E-state index in [-0.39, 0.29) is 28.8 Å². The highest BCUT2D eigenvalue weighted by Gasteiger charge is 2.48. The molecule has 2 aromatic carbocycles. The largest absolute Gasteiger partial charge is 0.326 e. The minimum atomic E-state index is -0.710. The molecule has 8 nitrogen and oxygen atoms in total. The maximum Gasteiger partial charge on any atom is 0.281 e. The van der Waals surface area contributed by atoms with Crippen LogP contribution in [0.5, 0.6) is 0 Å². The summed E-state index contributed by atoms with van der Waals surface area (Å²) < 4.78 is 0. The van der Waals surface area contributed by atoms with Crippen molar-refractivity contribution >= 4 is 23.6 Å². The van der Waals surface area contributed by atoms with Crippen LogP contribution in [0.15, 0.2) is 36.4 Å². The fourth-order valence-corrected chi connectivity index (χ4v) is 3.50. The quantitative estimate of drug-likeness (QED) is 0.797. The summed E-state index contributed by atoms with van der Waals surface area (Å²) in [5, 5.41) is 1.26. The minimum Gasteiger partial charge on any atom is -0.326 e. The van der Waals surface area contributed by atoms with E-state index in [9.17, 15) is 19.2 Å². The molecule has 0 aliphatic carbocycles. The van der Waals surface area contributed by atoms with Crippen molar-refractivity contribution in [1.29, 1.82) is 0 Å². The van der Waals surface area contributed by atoms with E-state index in [1.165, 1.54) is 12.1 Å². The molecule has 2 heterocycles. The summed E-state index contributed by atoms with van der Waals surface area (Å²) in [7, 11) is 3.78. The van der Waals surface area contributed by atoms with Gasteiger partial charge in [0.15, 0.2) is 0 Å². The van der Waals surface area contributed by atoms with E-state index in [1.54, 1.807) is 24.3 Å². The van der Waals surface area contributed by atoms with E-state index in [4.69, 9.17) is 5.73 Å². The van der Waals surface area contributed by atoms with Gasteiger partial charge in [-0.1, -0.05) is 12.1 Å². The van der Waals surface area contributed by atoms with Crippen molar-refractivity contribution in [3.63, 3.8) is 0 Å². The molecule has 142 valence electrons. The van der Waals surface area contributed by atoms with Crippen LogP contribution in [0.25, 0.3) is 0 Å². The zero-order chi connectivity index (χ0) is 20.2. The highest BCUT2D eigenvalue weighted by atomic mass is 16.2. The Labute approximate surface area is 161 Å². The molecular weight excluding hydrogens is 360 g/mol. The van der Waals surface area contributed by atoms with Gasteiger partial charge in [-0.3, -0.25) is 19.2 Å². The topological polar surface area (TPSA) is 104 Å². The Kier molecular flexibility index (Phi) is 4.10. The molecular formula is C20H18N4O4. The molecule has 0 fully saturated rings. The number of hydrogen-bond acceptors (Lipinski definition) is 6. The average molecular weight is 378 g/mol. The lowest BCUT2D eigenvalue weighted by Gasteiger charge is -2.23. The van der Waals surface area contributed by atoms with Crippen molar-refractivity contribution in [3.05, 3.63) is 69.8 Å². The van der Waals surface area contributed by atoms with Gasteiger partial charge in [0.2, 0.25) is 0 Å². The fraction of sp³-hybridized carbons (Fsp3) is 0.200. The van der Waals surface area contributed by atoms with Crippen molar-refractivity contribution in [2.45, 2.75) is 13.1 Å². The summed E-state index contributed by atoms with van der Waals surface area (Å²) in [4.78, 5) is 53.3. The second kappa shape index (κ2) is 6.36. The molecule has 8 heteroatoms. The van der Waals surface area contributed by atoms with E-state index >= 15 is 0 Å². The van der Waals surface area contributed by atoms with Crippen LogP contribution in [-0.2, 0) is 13.1 Å². The fourth-order valence-electron chi connectivity index (χ4n) is 3.50. The van der Waals surface area contributed by atoms with Crippen LogP contribution in [-0.4, -0.2) is 52.6 Å². The Morgan fingerprint density at radius 3 is 1.61 bits per heavy atom. The number of imide groups is 2. The number of carbonyl (C=O) groups excluding carboxylic acids is 4. The smallest absolute Gasteiger partial charge is 0.281 e. The van der Waals surface area contributed by atoms with Crippen molar-refractivity contribution < 1.29 is 19.2 Å². The number of hydrogen-bond donors (Lipinski definition) is 1. The second-order valence-electron chi connectivity index (χ2n) is 7.05.